The van der Waals surface area contributed by atoms with E-state index in [1.54, 1.807) is 14.2 Å². The average molecular weight is 647 g/mol. The molecule has 3 heterocycles. The summed E-state index contributed by atoms with van der Waals surface area (Å²) < 4.78 is 54.6. The fraction of sp³-hybridized carbons (Fsp3) is 0.643. The molecule has 15 heteroatoms. The van der Waals surface area contributed by atoms with Gasteiger partial charge in [-0.1, -0.05) is 0 Å². The fourth-order valence-corrected chi connectivity index (χ4v) is 7.08. The number of nitrogens with zero attached hydrogens (tertiary/aromatic N) is 4. The first-order valence-electron chi connectivity index (χ1n) is 14.2. The average Bonchev–Trinajstić information content (AvgIpc) is 3.55. The molecule has 0 aromatic carbocycles. The van der Waals surface area contributed by atoms with Crippen molar-refractivity contribution in [3.8, 4) is 17.6 Å². The second-order valence-electron chi connectivity index (χ2n) is 11.1. The van der Waals surface area contributed by atoms with Crippen LogP contribution in [0.3, 0.4) is 0 Å². The van der Waals surface area contributed by atoms with Crippen molar-refractivity contribution in [1.82, 2.24) is 30.8 Å². The highest BCUT2D eigenvalue weighted by atomic mass is 35.5. The Balaban J connectivity index is 0.00000423. The van der Waals surface area contributed by atoms with Crippen LogP contribution in [0.4, 0.5) is 13.2 Å². The van der Waals surface area contributed by atoms with Gasteiger partial charge in [-0.3, -0.25) is 0 Å². The highest BCUT2D eigenvalue weighted by molar-refractivity contribution is 7.18. The maximum atomic E-state index is 13.0. The number of alkyl halides is 3. The molecule has 238 valence electrons. The summed E-state index contributed by atoms with van der Waals surface area (Å²) in [6.45, 7) is 1.17. The monoisotopic (exact) mass is 646 g/mol. The molecule has 3 aromatic heterocycles. The Labute approximate surface area is 258 Å². The first-order chi connectivity index (χ1) is 20.1. The summed E-state index contributed by atoms with van der Waals surface area (Å²) in [7, 11) is 4.57. The molecule has 0 unspecified atom stereocenters. The van der Waals surface area contributed by atoms with Gasteiger partial charge in [-0.15, -0.1) is 28.8 Å². The summed E-state index contributed by atoms with van der Waals surface area (Å²) in [5, 5.41) is 26.8. The molecule has 0 amide bonds. The number of aliphatic hydroxyl groups is 1. The number of hydrogen-bond acceptors (Lipinski definition) is 11. The number of nitrogens with one attached hydrogen (secondary N) is 2. The second kappa shape index (κ2) is 14.5. The topological polar surface area (TPSA) is 124 Å². The minimum absolute atomic E-state index is 0. The zero-order valence-corrected chi connectivity index (χ0v) is 25.9. The summed E-state index contributed by atoms with van der Waals surface area (Å²) in [6, 6.07) is 3.55. The van der Waals surface area contributed by atoms with Gasteiger partial charge in [-0.2, -0.15) is 28.2 Å². The number of aromatic nitrogens is 4. The van der Waals surface area contributed by atoms with Crippen LogP contribution in [-0.2, 0) is 13.0 Å². The molecule has 3 N–H and O–H groups in total. The third-order valence-corrected chi connectivity index (χ3v) is 9.27. The number of methoxy groups -OCH3 is 3. The minimum Gasteiger partial charge on any atom is -0.491 e. The molecule has 2 saturated carbocycles. The molecular formula is C28H38ClF3N6O4S. The Bertz CT molecular complexity index is 1360. The molecule has 0 radical (unpaired) electrons. The molecule has 2 fully saturated rings. The normalized spacial score (nSPS) is 24.1. The highest BCUT2D eigenvalue weighted by Crippen LogP contribution is 2.37. The third-order valence-electron chi connectivity index (χ3n) is 8.24. The SMILES string of the molecule is COc1nc(CN[C@H]2C[C@@H](NCC3CCC(c4cc(OC)c(OC)nn4)CC3)C[C@H]2O)c2cc(CC(F)(F)F)sc2n1.Cl. The van der Waals surface area contributed by atoms with E-state index in [4.69, 9.17) is 14.2 Å². The van der Waals surface area contributed by atoms with E-state index in [2.05, 4.69) is 30.8 Å². The van der Waals surface area contributed by atoms with Gasteiger partial charge in [0.15, 0.2) is 5.75 Å². The third kappa shape index (κ3) is 8.35. The summed E-state index contributed by atoms with van der Waals surface area (Å²) in [5.74, 6) is 1.87. The molecule has 43 heavy (non-hydrogen) atoms. The summed E-state index contributed by atoms with van der Waals surface area (Å²) in [5.41, 5.74) is 1.49. The number of hydrogen-bond donors (Lipinski definition) is 3. The van der Waals surface area contributed by atoms with E-state index in [1.807, 2.05) is 6.07 Å². The van der Waals surface area contributed by atoms with Crippen molar-refractivity contribution in [3.05, 3.63) is 28.4 Å². The number of halogens is 4. The van der Waals surface area contributed by atoms with Gasteiger partial charge in [0.25, 0.3) is 5.88 Å². The Morgan fingerprint density at radius 3 is 2.42 bits per heavy atom. The van der Waals surface area contributed by atoms with Crippen molar-refractivity contribution in [2.24, 2.45) is 5.92 Å². The summed E-state index contributed by atoms with van der Waals surface area (Å²) in [4.78, 5) is 9.25. The van der Waals surface area contributed by atoms with E-state index in [-0.39, 0.29) is 41.9 Å². The molecule has 10 nitrogen and oxygen atoms in total. The predicted molar refractivity (Wildman–Crippen MR) is 158 cm³/mol. The van der Waals surface area contributed by atoms with E-state index < -0.39 is 18.7 Å². The van der Waals surface area contributed by atoms with Crippen LogP contribution in [0.15, 0.2) is 12.1 Å². The van der Waals surface area contributed by atoms with E-state index in [9.17, 15) is 18.3 Å². The van der Waals surface area contributed by atoms with Gasteiger partial charge in [0.2, 0.25) is 0 Å². The molecule has 0 saturated heterocycles. The van der Waals surface area contributed by atoms with Gasteiger partial charge < -0.3 is 30.0 Å². The lowest BCUT2D eigenvalue weighted by Gasteiger charge is -2.29. The van der Waals surface area contributed by atoms with Gasteiger partial charge in [0, 0.05) is 40.9 Å². The predicted octanol–water partition coefficient (Wildman–Crippen LogP) is 4.58. The molecule has 3 aromatic rings. The lowest BCUT2D eigenvalue weighted by Crippen LogP contribution is -2.36. The van der Waals surface area contributed by atoms with Crippen molar-refractivity contribution in [3.63, 3.8) is 0 Å². The van der Waals surface area contributed by atoms with Gasteiger partial charge in [-0.05, 0) is 57.1 Å². The molecular weight excluding hydrogens is 609 g/mol. The number of aliphatic hydroxyl groups excluding tert-OH is 1. The van der Waals surface area contributed by atoms with Crippen LogP contribution >= 0.6 is 23.7 Å². The smallest absolute Gasteiger partial charge is 0.393 e. The Morgan fingerprint density at radius 2 is 1.74 bits per heavy atom. The lowest BCUT2D eigenvalue weighted by molar-refractivity contribution is -0.126. The number of fused-ring (bicyclic) bond motifs is 1. The standard InChI is InChI=1S/C28H37F3N6O4S.ClH/c1-39-24-11-20(36-37-25(24)40-2)16-6-4-15(5-7-16)13-32-17-8-21(23(38)9-17)33-14-22-19-10-18(12-28(29,30)31)42-26(19)35-27(34-22)41-3;/h10-11,15-17,21,23,32-33,38H,4-9,12-14H2,1-3H3;1H/t15?,16?,17-,21+,23-;/m1./s1. The van der Waals surface area contributed by atoms with Crippen LogP contribution < -0.4 is 24.8 Å². The van der Waals surface area contributed by atoms with Crippen LogP contribution in [-0.4, -0.2) is 77.5 Å². The van der Waals surface area contributed by atoms with Crippen molar-refractivity contribution < 1.29 is 32.5 Å². The quantitative estimate of drug-likeness (QED) is 0.273. The maximum absolute atomic E-state index is 13.0. The van der Waals surface area contributed by atoms with Crippen LogP contribution in [0, 0.1) is 5.92 Å². The lowest BCUT2D eigenvalue weighted by atomic mass is 9.80. The minimum atomic E-state index is -4.30. The van der Waals surface area contributed by atoms with Crippen LogP contribution in [0.1, 0.15) is 60.7 Å². The van der Waals surface area contributed by atoms with Crippen LogP contribution in [0.5, 0.6) is 17.6 Å². The van der Waals surface area contributed by atoms with Crippen molar-refractivity contribution in [2.75, 3.05) is 27.9 Å². The highest BCUT2D eigenvalue weighted by Gasteiger charge is 2.34. The summed E-state index contributed by atoms with van der Waals surface area (Å²) in [6.07, 6.45) is -0.271. The molecule has 5 rings (SSSR count). The number of rotatable bonds is 11. The molecule has 0 bridgehead atoms. The largest absolute Gasteiger partial charge is 0.491 e. The Hall–Kier alpha value is -2.52. The molecule has 0 spiro atoms. The van der Waals surface area contributed by atoms with Crippen molar-refractivity contribution in [1.29, 1.82) is 0 Å². The van der Waals surface area contributed by atoms with E-state index >= 15 is 0 Å². The maximum Gasteiger partial charge on any atom is 0.393 e. The van der Waals surface area contributed by atoms with Gasteiger partial charge in [-0.25, -0.2) is 0 Å². The van der Waals surface area contributed by atoms with Crippen LogP contribution in [0.2, 0.25) is 0 Å². The molecule has 2 aliphatic rings. The van der Waals surface area contributed by atoms with Crippen molar-refractivity contribution in [2.45, 2.75) is 81.8 Å². The zero-order chi connectivity index (χ0) is 29.9. The van der Waals surface area contributed by atoms with Crippen LogP contribution in [0.25, 0.3) is 10.2 Å². The van der Waals surface area contributed by atoms with Crippen molar-refractivity contribution >= 4 is 34.0 Å². The van der Waals surface area contributed by atoms with E-state index in [0.717, 1.165) is 55.7 Å². The van der Waals surface area contributed by atoms with Gasteiger partial charge in [0.05, 0.1) is 45.2 Å². The zero-order valence-electron chi connectivity index (χ0n) is 24.3. The molecule has 3 atom stereocenters. The first-order valence-corrected chi connectivity index (χ1v) is 15.0. The molecule has 0 aliphatic heterocycles. The number of ether oxygens (including phenoxy) is 3. The molecule has 2 aliphatic carbocycles. The van der Waals surface area contributed by atoms with Gasteiger partial charge in [0.1, 0.15) is 4.83 Å². The fourth-order valence-electron chi connectivity index (χ4n) is 6.01. The Kier molecular flexibility index (Phi) is 11.3. The van der Waals surface area contributed by atoms with E-state index in [0.29, 0.717) is 45.8 Å². The van der Waals surface area contributed by atoms with E-state index in [1.165, 1.54) is 13.2 Å². The van der Waals surface area contributed by atoms with Gasteiger partial charge >= 0.3 is 12.2 Å². The first kappa shape index (κ1) is 33.4. The second-order valence-corrected chi connectivity index (χ2v) is 12.2. The number of thiophene rings is 1. The Morgan fingerprint density at radius 1 is 0.977 bits per heavy atom. The summed E-state index contributed by atoms with van der Waals surface area (Å²) >= 11 is 0.993.